The van der Waals surface area contributed by atoms with Crippen molar-refractivity contribution in [2.24, 2.45) is 0 Å². The van der Waals surface area contributed by atoms with Crippen molar-refractivity contribution < 1.29 is 4.79 Å². The van der Waals surface area contributed by atoms with Crippen LogP contribution in [-0.2, 0) is 4.79 Å². The van der Waals surface area contributed by atoms with Crippen LogP contribution in [0.5, 0.6) is 0 Å². The Morgan fingerprint density at radius 2 is 2.06 bits per heavy atom. The van der Waals surface area contributed by atoms with E-state index in [4.69, 9.17) is 0 Å². The molecule has 1 aliphatic rings. The Balaban J connectivity index is 1.83. The lowest BCUT2D eigenvalue weighted by Gasteiger charge is -2.12. The van der Waals surface area contributed by atoms with Gasteiger partial charge < -0.3 is 5.32 Å². The number of benzene rings is 1. The molecule has 0 spiro atoms. The Morgan fingerprint density at radius 3 is 2.78 bits per heavy atom. The minimum atomic E-state index is 0.174. The third-order valence-corrected chi connectivity index (χ3v) is 4.58. The predicted octanol–water partition coefficient (Wildman–Crippen LogP) is 3.45. The van der Waals surface area contributed by atoms with Crippen molar-refractivity contribution in [2.45, 2.75) is 50.5 Å². The molecule has 1 aromatic carbocycles. The molecule has 2 rings (SSSR count). The van der Waals surface area contributed by atoms with Crippen LogP contribution >= 0.6 is 11.8 Å². The third kappa shape index (κ3) is 3.77. The molecule has 1 fully saturated rings. The van der Waals surface area contributed by atoms with Crippen LogP contribution < -0.4 is 5.32 Å². The van der Waals surface area contributed by atoms with E-state index >= 15 is 0 Å². The zero-order valence-electron chi connectivity index (χ0n) is 11.2. The lowest BCUT2D eigenvalue weighted by molar-refractivity contribution is -0.119. The topological polar surface area (TPSA) is 29.1 Å². The average Bonchev–Trinajstić information content (AvgIpc) is 2.83. The highest BCUT2D eigenvalue weighted by molar-refractivity contribution is 8.00. The maximum absolute atomic E-state index is 11.8. The molecule has 0 aromatic heterocycles. The highest BCUT2D eigenvalue weighted by atomic mass is 32.2. The van der Waals surface area contributed by atoms with Crippen LogP contribution in [0.3, 0.4) is 0 Å². The van der Waals surface area contributed by atoms with E-state index < -0.39 is 0 Å². The number of thioether (sulfide) groups is 1. The first kappa shape index (κ1) is 13.5. The molecule has 3 heteroatoms. The van der Waals surface area contributed by atoms with Gasteiger partial charge in [0.25, 0.3) is 0 Å². The number of nitrogens with one attached hydrogen (secondary N) is 1. The van der Waals surface area contributed by atoms with Crippen molar-refractivity contribution in [2.75, 3.05) is 5.75 Å². The number of hydrogen-bond acceptors (Lipinski definition) is 2. The maximum atomic E-state index is 11.8. The molecule has 0 aliphatic heterocycles. The summed E-state index contributed by atoms with van der Waals surface area (Å²) in [4.78, 5) is 13.1. The van der Waals surface area contributed by atoms with Crippen LogP contribution in [0, 0.1) is 13.8 Å². The monoisotopic (exact) mass is 263 g/mol. The predicted molar refractivity (Wildman–Crippen MR) is 77.0 cm³/mol. The fraction of sp³-hybridized carbons (Fsp3) is 0.533. The van der Waals surface area contributed by atoms with Crippen LogP contribution in [0.2, 0.25) is 0 Å². The summed E-state index contributed by atoms with van der Waals surface area (Å²) in [6.07, 6.45) is 4.82. The molecule has 0 bridgehead atoms. The fourth-order valence-electron chi connectivity index (χ4n) is 2.35. The van der Waals surface area contributed by atoms with Crippen molar-refractivity contribution >= 4 is 17.7 Å². The second-order valence-electron chi connectivity index (χ2n) is 5.11. The summed E-state index contributed by atoms with van der Waals surface area (Å²) in [5.41, 5.74) is 2.50. The Labute approximate surface area is 114 Å². The summed E-state index contributed by atoms with van der Waals surface area (Å²) in [6.45, 7) is 4.18. The molecule has 1 amide bonds. The molecular weight excluding hydrogens is 242 g/mol. The Bertz CT molecular complexity index is 425. The number of carbonyl (C=O) groups excluding carboxylic acids is 1. The Hall–Kier alpha value is -0.960. The SMILES string of the molecule is Cc1ccc(C)c(SCC(=O)NC2CCCC2)c1. The highest BCUT2D eigenvalue weighted by Gasteiger charge is 2.17. The standard InChI is InChI=1S/C15H21NOS/c1-11-7-8-12(2)14(9-11)18-10-15(17)16-13-5-3-4-6-13/h7-9,13H,3-6,10H2,1-2H3,(H,16,17). The Morgan fingerprint density at radius 1 is 1.33 bits per heavy atom. The van der Waals surface area contributed by atoms with E-state index in [-0.39, 0.29) is 5.91 Å². The highest BCUT2D eigenvalue weighted by Crippen LogP contribution is 2.24. The molecule has 2 nitrogen and oxygen atoms in total. The molecular formula is C15H21NOS. The molecule has 1 aliphatic carbocycles. The number of aryl methyl sites for hydroxylation is 2. The lowest BCUT2D eigenvalue weighted by Crippen LogP contribution is -2.33. The van der Waals surface area contributed by atoms with Gasteiger partial charge in [0.15, 0.2) is 0 Å². The van der Waals surface area contributed by atoms with E-state index in [9.17, 15) is 4.79 Å². The van der Waals surface area contributed by atoms with Crippen LogP contribution in [0.1, 0.15) is 36.8 Å². The summed E-state index contributed by atoms with van der Waals surface area (Å²) in [7, 11) is 0. The summed E-state index contributed by atoms with van der Waals surface area (Å²) in [5, 5.41) is 3.12. The van der Waals surface area contributed by atoms with Crippen molar-refractivity contribution in [1.82, 2.24) is 5.32 Å². The largest absolute Gasteiger partial charge is 0.353 e. The van der Waals surface area contributed by atoms with Crippen molar-refractivity contribution in [3.63, 3.8) is 0 Å². The van der Waals surface area contributed by atoms with Crippen LogP contribution in [0.15, 0.2) is 23.1 Å². The molecule has 0 unspecified atom stereocenters. The van der Waals surface area contributed by atoms with Gasteiger partial charge in [-0.25, -0.2) is 0 Å². The maximum Gasteiger partial charge on any atom is 0.230 e. The molecule has 1 N–H and O–H groups in total. The van der Waals surface area contributed by atoms with E-state index in [2.05, 4.69) is 37.4 Å². The van der Waals surface area contributed by atoms with E-state index in [1.807, 2.05) is 0 Å². The summed E-state index contributed by atoms with van der Waals surface area (Å²) >= 11 is 1.64. The van der Waals surface area contributed by atoms with Gasteiger partial charge in [0.1, 0.15) is 0 Å². The Kier molecular flexibility index (Phi) is 4.70. The quantitative estimate of drug-likeness (QED) is 0.843. The number of rotatable bonds is 4. The molecule has 1 saturated carbocycles. The molecule has 0 heterocycles. The third-order valence-electron chi connectivity index (χ3n) is 3.42. The molecule has 0 atom stereocenters. The zero-order valence-corrected chi connectivity index (χ0v) is 12.0. The van der Waals surface area contributed by atoms with Crippen molar-refractivity contribution in [3.8, 4) is 0 Å². The van der Waals surface area contributed by atoms with Gasteiger partial charge in [-0.15, -0.1) is 11.8 Å². The van der Waals surface area contributed by atoms with Crippen molar-refractivity contribution in [1.29, 1.82) is 0 Å². The lowest BCUT2D eigenvalue weighted by atomic mass is 10.2. The summed E-state index contributed by atoms with van der Waals surface area (Å²) in [5.74, 6) is 0.702. The molecule has 18 heavy (non-hydrogen) atoms. The van der Waals surface area contributed by atoms with Crippen LogP contribution in [-0.4, -0.2) is 17.7 Å². The normalized spacial score (nSPS) is 15.9. The van der Waals surface area contributed by atoms with Gasteiger partial charge in [-0.2, -0.15) is 0 Å². The van der Waals surface area contributed by atoms with E-state index in [0.29, 0.717) is 11.8 Å². The second-order valence-corrected chi connectivity index (χ2v) is 6.12. The van der Waals surface area contributed by atoms with Gasteiger partial charge in [0.05, 0.1) is 5.75 Å². The fourth-order valence-corrected chi connectivity index (χ4v) is 3.28. The zero-order chi connectivity index (χ0) is 13.0. The van der Waals surface area contributed by atoms with E-state index in [1.54, 1.807) is 11.8 Å². The van der Waals surface area contributed by atoms with Crippen LogP contribution in [0.25, 0.3) is 0 Å². The minimum absolute atomic E-state index is 0.174. The first-order valence-electron chi connectivity index (χ1n) is 6.64. The molecule has 0 radical (unpaired) electrons. The minimum Gasteiger partial charge on any atom is -0.353 e. The second kappa shape index (κ2) is 6.28. The van der Waals surface area contributed by atoms with Gasteiger partial charge in [-0.05, 0) is 38.3 Å². The first-order chi connectivity index (χ1) is 8.65. The molecule has 98 valence electrons. The van der Waals surface area contributed by atoms with Gasteiger partial charge in [0, 0.05) is 10.9 Å². The van der Waals surface area contributed by atoms with Gasteiger partial charge in [-0.1, -0.05) is 30.5 Å². The number of hydrogen-bond donors (Lipinski definition) is 1. The van der Waals surface area contributed by atoms with Crippen LogP contribution in [0.4, 0.5) is 0 Å². The van der Waals surface area contributed by atoms with Gasteiger partial charge in [-0.3, -0.25) is 4.79 Å². The van der Waals surface area contributed by atoms with Gasteiger partial charge >= 0.3 is 0 Å². The molecule has 1 aromatic rings. The smallest absolute Gasteiger partial charge is 0.230 e. The van der Waals surface area contributed by atoms with Gasteiger partial charge in [0.2, 0.25) is 5.91 Å². The summed E-state index contributed by atoms with van der Waals surface area (Å²) < 4.78 is 0. The van der Waals surface area contributed by atoms with Crippen molar-refractivity contribution in [3.05, 3.63) is 29.3 Å². The average molecular weight is 263 g/mol. The number of amides is 1. The molecule has 0 saturated heterocycles. The summed E-state index contributed by atoms with van der Waals surface area (Å²) in [6, 6.07) is 6.81. The van der Waals surface area contributed by atoms with E-state index in [0.717, 1.165) is 12.8 Å². The van der Waals surface area contributed by atoms with E-state index in [1.165, 1.54) is 28.9 Å². The first-order valence-corrected chi connectivity index (χ1v) is 7.63. The number of carbonyl (C=O) groups is 1.